The second-order valence-electron chi connectivity index (χ2n) is 6.76. The summed E-state index contributed by atoms with van der Waals surface area (Å²) >= 11 is 0. The number of hydrogen-bond acceptors (Lipinski definition) is 3. The van der Waals surface area contributed by atoms with Crippen LogP contribution in [-0.4, -0.2) is 29.2 Å². The zero-order valence-electron chi connectivity index (χ0n) is 15.7. The summed E-state index contributed by atoms with van der Waals surface area (Å²) in [5.41, 5.74) is 5.98. The predicted molar refractivity (Wildman–Crippen MR) is 107 cm³/mol. The number of aliphatic imine (C=N–C) groups is 1. The molecule has 2 aromatic rings. The molecule has 0 unspecified atom stereocenters. The molecule has 0 aliphatic carbocycles. The Morgan fingerprint density at radius 3 is 2.30 bits per heavy atom. The molecular formula is C22H24N2O3. The van der Waals surface area contributed by atoms with E-state index < -0.39 is 5.97 Å². The highest BCUT2D eigenvalue weighted by molar-refractivity contribution is 6.19. The number of carbonyl (C=O) groups excluding carboxylic acids is 1. The van der Waals surface area contributed by atoms with Gasteiger partial charge in [-0.2, -0.15) is 0 Å². The molecule has 0 atom stereocenters. The summed E-state index contributed by atoms with van der Waals surface area (Å²) in [7, 11) is 0. The number of carboxylic acids is 1. The lowest BCUT2D eigenvalue weighted by molar-refractivity contribution is -0.114. The molecular weight excluding hydrogens is 340 g/mol. The summed E-state index contributed by atoms with van der Waals surface area (Å²) < 4.78 is 0. The van der Waals surface area contributed by atoms with E-state index in [1.807, 2.05) is 0 Å². The Morgan fingerprint density at radius 2 is 1.70 bits per heavy atom. The van der Waals surface area contributed by atoms with E-state index in [4.69, 9.17) is 5.11 Å². The summed E-state index contributed by atoms with van der Waals surface area (Å²) in [6.45, 7) is 4.36. The Balaban J connectivity index is 2.12. The zero-order chi connectivity index (χ0) is 19.4. The van der Waals surface area contributed by atoms with Crippen molar-refractivity contribution < 1.29 is 14.7 Å². The average molecular weight is 364 g/mol. The van der Waals surface area contributed by atoms with Gasteiger partial charge in [0.15, 0.2) is 0 Å². The van der Waals surface area contributed by atoms with E-state index in [0.29, 0.717) is 0 Å². The lowest BCUT2D eigenvalue weighted by atomic mass is 9.92. The second kappa shape index (κ2) is 8.16. The lowest BCUT2D eigenvalue weighted by Crippen LogP contribution is -2.14. The smallest absolute Gasteiger partial charge is 0.335 e. The van der Waals surface area contributed by atoms with Gasteiger partial charge in [-0.25, -0.2) is 4.79 Å². The number of carbonyl (C=O) groups is 2. The van der Waals surface area contributed by atoms with Crippen LogP contribution in [0, 0.1) is 0 Å². The van der Waals surface area contributed by atoms with Crippen LogP contribution in [0.25, 0.3) is 0 Å². The van der Waals surface area contributed by atoms with Gasteiger partial charge in [0.25, 0.3) is 0 Å². The standard InChI is InChI=1S/C22H24N2O3/c1-3-5-16-11-18-19(12-17(16)6-4-2)24-20(25)13-23-21(18)14-7-9-15(10-8-14)22(26)27/h7-12H,3-6,13H2,1-2H3,(H,24,25)(H,26,27). The Hall–Kier alpha value is -2.95. The Kier molecular flexibility index (Phi) is 5.69. The first-order chi connectivity index (χ1) is 13.0. The number of hydrogen-bond donors (Lipinski definition) is 2. The predicted octanol–water partition coefficient (Wildman–Crippen LogP) is 4.08. The molecule has 1 heterocycles. The van der Waals surface area contributed by atoms with Gasteiger partial charge in [0.1, 0.15) is 6.54 Å². The molecule has 3 rings (SSSR count). The molecule has 0 fully saturated rings. The fourth-order valence-corrected chi connectivity index (χ4v) is 3.44. The van der Waals surface area contributed by atoms with Crippen molar-refractivity contribution in [1.82, 2.24) is 0 Å². The molecule has 2 N–H and O–H groups in total. The van der Waals surface area contributed by atoms with Crippen LogP contribution in [0.5, 0.6) is 0 Å². The quantitative estimate of drug-likeness (QED) is 0.811. The summed E-state index contributed by atoms with van der Waals surface area (Å²) in [5.74, 6) is -1.10. The number of benzene rings is 2. The highest BCUT2D eigenvalue weighted by atomic mass is 16.4. The second-order valence-corrected chi connectivity index (χ2v) is 6.76. The topological polar surface area (TPSA) is 78.8 Å². The average Bonchev–Trinajstić information content (AvgIpc) is 2.80. The van der Waals surface area contributed by atoms with Crippen molar-refractivity contribution in [3.05, 3.63) is 64.2 Å². The number of amides is 1. The molecule has 5 heteroatoms. The monoisotopic (exact) mass is 364 g/mol. The number of nitrogens with one attached hydrogen (secondary N) is 1. The molecule has 0 aromatic heterocycles. The fraction of sp³-hybridized carbons (Fsp3) is 0.318. The number of aromatic carboxylic acids is 1. The minimum atomic E-state index is -0.962. The third-order valence-electron chi connectivity index (χ3n) is 4.69. The van der Waals surface area contributed by atoms with Gasteiger partial charge in [0.2, 0.25) is 5.91 Å². The first kappa shape index (κ1) is 18.8. The van der Waals surface area contributed by atoms with Crippen LogP contribution < -0.4 is 5.32 Å². The Labute approximate surface area is 159 Å². The highest BCUT2D eigenvalue weighted by Gasteiger charge is 2.20. The molecule has 2 aromatic carbocycles. The SMILES string of the molecule is CCCc1cc2c(cc1CCC)C(c1ccc(C(=O)O)cc1)=NCC(=O)N2. The number of fused-ring (bicyclic) bond motifs is 1. The minimum Gasteiger partial charge on any atom is -0.478 e. The maximum absolute atomic E-state index is 12.1. The molecule has 0 saturated carbocycles. The van der Waals surface area contributed by atoms with Crippen molar-refractivity contribution in [2.45, 2.75) is 39.5 Å². The molecule has 5 nitrogen and oxygen atoms in total. The van der Waals surface area contributed by atoms with Crippen LogP contribution in [0.4, 0.5) is 5.69 Å². The van der Waals surface area contributed by atoms with E-state index in [1.165, 1.54) is 11.1 Å². The van der Waals surface area contributed by atoms with Gasteiger partial charge in [0, 0.05) is 11.1 Å². The highest BCUT2D eigenvalue weighted by Crippen LogP contribution is 2.28. The summed E-state index contributed by atoms with van der Waals surface area (Å²) in [6.07, 6.45) is 4.03. The third kappa shape index (κ3) is 4.08. The van der Waals surface area contributed by atoms with Crippen LogP contribution in [0.3, 0.4) is 0 Å². The maximum atomic E-state index is 12.1. The molecule has 0 saturated heterocycles. The molecule has 1 amide bonds. The first-order valence-corrected chi connectivity index (χ1v) is 9.37. The van der Waals surface area contributed by atoms with E-state index in [2.05, 4.69) is 36.3 Å². The van der Waals surface area contributed by atoms with E-state index in [-0.39, 0.29) is 18.0 Å². The van der Waals surface area contributed by atoms with Crippen molar-refractivity contribution in [2.24, 2.45) is 4.99 Å². The normalized spacial score (nSPS) is 13.4. The van der Waals surface area contributed by atoms with Crippen molar-refractivity contribution in [1.29, 1.82) is 0 Å². The molecule has 1 aliphatic heterocycles. The Morgan fingerprint density at radius 1 is 1.07 bits per heavy atom. The Bertz CT molecular complexity index is 899. The van der Waals surface area contributed by atoms with Gasteiger partial charge in [-0.05, 0) is 48.2 Å². The number of anilines is 1. The van der Waals surface area contributed by atoms with Gasteiger partial charge in [-0.15, -0.1) is 0 Å². The van der Waals surface area contributed by atoms with Crippen LogP contribution in [0.2, 0.25) is 0 Å². The number of nitrogens with zero attached hydrogens (tertiary/aromatic N) is 1. The number of rotatable bonds is 6. The van der Waals surface area contributed by atoms with Crippen LogP contribution in [0.15, 0.2) is 41.4 Å². The first-order valence-electron chi connectivity index (χ1n) is 9.37. The molecule has 0 radical (unpaired) electrons. The summed E-state index contributed by atoms with van der Waals surface area (Å²) in [5, 5.41) is 12.1. The minimum absolute atomic E-state index is 0.0525. The molecule has 140 valence electrons. The largest absolute Gasteiger partial charge is 0.478 e. The third-order valence-corrected chi connectivity index (χ3v) is 4.69. The lowest BCUT2D eigenvalue weighted by Gasteiger charge is -2.16. The van der Waals surface area contributed by atoms with Crippen molar-refractivity contribution in [3.8, 4) is 0 Å². The summed E-state index contributed by atoms with van der Waals surface area (Å²) in [6, 6.07) is 10.9. The van der Waals surface area contributed by atoms with Gasteiger partial charge in [-0.3, -0.25) is 9.79 Å². The van der Waals surface area contributed by atoms with Crippen molar-refractivity contribution in [3.63, 3.8) is 0 Å². The van der Waals surface area contributed by atoms with E-state index in [0.717, 1.165) is 48.2 Å². The van der Waals surface area contributed by atoms with E-state index in [9.17, 15) is 9.59 Å². The molecule has 27 heavy (non-hydrogen) atoms. The number of carboxylic acid groups (broad SMARTS) is 1. The molecule has 1 aliphatic rings. The van der Waals surface area contributed by atoms with Gasteiger partial charge in [0.05, 0.1) is 17.0 Å². The zero-order valence-corrected chi connectivity index (χ0v) is 15.7. The van der Waals surface area contributed by atoms with Crippen molar-refractivity contribution >= 4 is 23.3 Å². The van der Waals surface area contributed by atoms with Crippen LogP contribution in [0.1, 0.15) is 59.3 Å². The van der Waals surface area contributed by atoms with E-state index in [1.54, 1.807) is 24.3 Å². The van der Waals surface area contributed by atoms with Gasteiger partial charge >= 0.3 is 5.97 Å². The van der Waals surface area contributed by atoms with Crippen LogP contribution in [-0.2, 0) is 17.6 Å². The van der Waals surface area contributed by atoms with Gasteiger partial charge in [-0.1, -0.05) is 38.8 Å². The number of aryl methyl sites for hydroxylation is 2. The van der Waals surface area contributed by atoms with Crippen molar-refractivity contribution in [2.75, 3.05) is 11.9 Å². The molecule has 0 spiro atoms. The van der Waals surface area contributed by atoms with E-state index >= 15 is 0 Å². The maximum Gasteiger partial charge on any atom is 0.335 e. The fourth-order valence-electron chi connectivity index (χ4n) is 3.44. The summed E-state index contributed by atoms with van der Waals surface area (Å²) in [4.78, 5) is 27.8. The molecule has 0 bridgehead atoms. The van der Waals surface area contributed by atoms with Crippen LogP contribution >= 0.6 is 0 Å². The number of benzodiazepines with no additional fused rings is 1. The van der Waals surface area contributed by atoms with Gasteiger partial charge < -0.3 is 10.4 Å².